The van der Waals surface area contributed by atoms with Gasteiger partial charge in [0, 0.05) is 26.6 Å². The van der Waals surface area contributed by atoms with Gasteiger partial charge in [0.05, 0.1) is 11.7 Å². The molecule has 1 aliphatic rings. The Morgan fingerprint density at radius 2 is 1.93 bits per heavy atom. The first-order chi connectivity index (χ1) is 7.03. The number of rotatable bonds is 5. The Morgan fingerprint density at radius 3 is 2.47 bits per heavy atom. The van der Waals surface area contributed by atoms with E-state index >= 15 is 0 Å². The second-order valence-electron chi connectivity index (χ2n) is 4.82. The van der Waals surface area contributed by atoms with E-state index < -0.39 is 0 Å². The van der Waals surface area contributed by atoms with E-state index in [0.717, 1.165) is 25.9 Å². The molecule has 1 saturated carbocycles. The van der Waals surface area contributed by atoms with Crippen LogP contribution in [0.3, 0.4) is 0 Å². The lowest BCUT2D eigenvalue weighted by Crippen LogP contribution is -2.27. The lowest BCUT2D eigenvalue weighted by Gasteiger charge is -2.26. The van der Waals surface area contributed by atoms with E-state index in [1.54, 1.807) is 7.11 Å². The average Bonchev–Trinajstić information content (AvgIpc) is 2.21. The molecule has 15 heavy (non-hydrogen) atoms. The number of ether oxygens (including phenoxy) is 2. The number of carbonyl (C=O) groups excluding carboxylic acids is 1. The van der Waals surface area contributed by atoms with Gasteiger partial charge in [0.25, 0.3) is 0 Å². The Kier molecular flexibility index (Phi) is 4.74. The van der Waals surface area contributed by atoms with Crippen LogP contribution < -0.4 is 0 Å². The third kappa shape index (κ3) is 4.76. The monoisotopic (exact) mass is 214 g/mol. The van der Waals surface area contributed by atoms with Gasteiger partial charge in [-0.25, -0.2) is 0 Å². The van der Waals surface area contributed by atoms with Gasteiger partial charge in [0.1, 0.15) is 5.78 Å². The zero-order valence-corrected chi connectivity index (χ0v) is 10.0. The van der Waals surface area contributed by atoms with E-state index in [9.17, 15) is 4.79 Å². The predicted octanol–water partition coefficient (Wildman–Crippen LogP) is 2.33. The van der Waals surface area contributed by atoms with Crippen LogP contribution in [0.2, 0.25) is 0 Å². The molecular formula is C12H22O3. The Bertz CT molecular complexity index is 201. The number of hydrogen-bond donors (Lipinski definition) is 0. The maximum absolute atomic E-state index is 11.0. The summed E-state index contributed by atoms with van der Waals surface area (Å²) in [7, 11) is 1.72. The largest absolute Gasteiger partial charge is 0.379 e. The third-order valence-corrected chi connectivity index (χ3v) is 3.10. The van der Waals surface area contributed by atoms with Crippen LogP contribution in [-0.4, -0.2) is 31.2 Å². The second-order valence-corrected chi connectivity index (χ2v) is 4.82. The topological polar surface area (TPSA) is 35.5 Å². The minimum absolute atomic E-state index is 0.107. The van der Waals surface area contributed by atoms with Crippen LogP contribution in [0.5, 0.6) is 0 Å². The molecule has 3 heteroatoms. The Balaban J connectivity index is 2.13. The van der Waals surface area contributed by atoms with E-state index in [2.05, 4.69) is 13.8 Å². The predicted molar refractivity (Wildman–Crippen MR) is 58.9 cm³/mol. The van der Waals surface area contributed by atoms with E-state index in [0.29, 0.717) is 18.6 Å². The lowest BCUT2D eigenvalue weighted by atomic mass is 9.96. The molecule has 1 rings (SSSR count). The van der Waals surface area contributed by atoms with Crippen molar-refractivity contribution < 1.29 is 14.3 Å². The molecule has 0 unspecified atom stereocenters. The SMILES string of the molecule is COC(C)(C)CCOC1CCC(=O)CC1. The van der Waals surface area contributed by atoms with Crippen molar-refractivity contribution in [1.82, 2.24) is 0 Å². The molecule has 1 fully saturated rings. The molecule has 0 N–H and O–H groups in total. The normalized spacial score (nSPS) is 19.5. The summed E-state index contributed by atoms with van der Waals surface area (Å²) in [6.45, 7) is 4.83. The van der Waals surface area contributed by atoms with Crippen molar-refractivity contribution in [3.8, 4) is 0 Å². The number of carbonyl (C=O) groups is 1. The molecule has 0 saturated heterocycles. The van der Waals surface area contributed by atoms with Crippen LogP contribution in [0.15, 0.2) is 0 Å². The molecular weight excluding hydrogens is 192 g/mol. The van der Waals surface area contributed by atoms with Crippen molar-refractivity contribution in [3.63, 3.8) is 0 Å². The van der Waals surface area contributed by atoms with Crippen LogP contribution >= 0.6 is 0 Å². The van der Waals surface area contributed by atoms with Crippen LogP contribution in [0, 0.1) is 0 Å². The molecule has 0 aromatic carbocycles. The van der Waals surface area contributed by atoms with E-state index in [4.69, 9.17) is 9.47 Å². The molecule has 0 heterocycles. The van der Waals surface area contributed by atoms with Crippen molar-refractivity contribution in [2.24, 2.45) is 0 Å². The highest BCUT2D eigenvalue weighted by Gasteiger charge is 2.21. The number of Topliss-reactive ketones (excluding diaryl/α,β-unsaturated/α-hetero) is 1. The fourth-order valence-corrected chi connectivity index (χ4v) is 1.65. The van der Waals surface area contributed by atoms with E-state index in [1.807, 2.05) is 0 Å². The smallest absolute Gasteiger partial charge is 0.133 e. The van der Waals surface area contributed by atoms with Gasteiger partial charge in [-0.3, -0.25) is 4.79 Å². The first kappa shape index (κ1) is 12.7. The molecule has 0 aromatic rings. The summed E-state index contributed by atoms with van der Waals surface area (Å²) >= 11 is 0. The van der Waals surface area contributed by atoms with Gasteiger partial charge in [-0.15, -0.1) is 0 Å². The molecule has 0 amide bonds. The van der Waals surface area contributed by atoms with Crippen molar-refractivity contribution in [2.75, 3.05) is 13.7 Å². The fourth-order valence-electron chi connectivity index (χ4n) is 1.65. The van der Waals surface area contributed by atoms with Gasteiger partial charge in [-0.05, 0) is 33.1 Å². The Labute approximate surface area is 92.1 Å². The molecule has 88 valence electrons. The van der Waals surface area contributed by atoms with E-state index in [-0.39, 0.29) is 11.7 Å². The maximum atomic E-state index is 11.0. The average molecular weight is 214 g/mol. The summed E-state index contributed by atoms with van der Waals surface area (Å²) in [5, 5.41) is 0. The van der Waals surface area contributed by atoms with Gasteiger partial charge in [0.2, 0.25) is 0 Å². The van der Waals surface area contributed by atoms with Crippen molar-refractivity contribution in [3.05, 3.63) is 0 Å². The summed E-state index contributed by atoms with van der Waals surface area (Å²) in [4.78, 5) is 11.0. The van der Waals surface area contributed by atoms with Crippen molar-refractivity contribution in [1.29, 1.82) is 0 Å². The Hall–Kier alpha value is -0.410. The molecule has 0 spiro atoms. The second kappa shape index (κ2) is 5.61. The Morgan fingerprint density at radius 1 is 1.33 bits per heavy atom. The quantitative estimate of drug-likeness (QED) is 0.704. The lowest BCUT2D eigenvalue weighted by molar-refractivity contribution is -0.123. The highest BCUT2D eigenvalue weighted by atomic mass is 16.5. The fraction of sp³-hybridized carbons (Fsp3) is 0.917. The minimum atomic E-state index is -0.107. The number of ketones is 1. The molecule has 0 bridgehead atoms. The van der Waals surface area contributed by atoms with Gasteiger partial charge in [0.15, 0.2) is 0 Å². The molecule has 0 aliphatic heterocycles. The summed E-state index contributed by atoms with van der Waals surface area (Å²) in [5.41, 5.74) is -0.107. The molecule has 0 atom stereocenters. The summed E-state index contributed by atoms with van der Waals surface area (Å²) in [6, 6.07) is 0. The highest BCUT2D eigenvalue weighted by Crippen LogP contribution is 2.19. The molecule has 1 aliphatic carbocycles. The molecule has 0 aromatic heterocycles. The highest BCUT2D eigenvalue weighted by molar-refractivity contribution is 5.79. The van der Waals surface area contributed by atoms with Gasteiger partial charge < -0.3 is 9.47 Å². The molecule has 3 nitrogen and oxygen atoms in total. The standard InChI is InChI=1S/C12H22O3/c1-12(2,14-3)8-9-15-11-6-4-10(13)5-7-11/h11H,4-9H2,1-3H3. The minimum Gasteiger partial charge on any atom is -0.379 e. The van der Waals surface area contributed by atoms with Crippen LogP contribution in [-0.2, 0) is 14.3 Å². The van der Waals surface area contributed by atoms with Crippen LogP contribution in [0.4, 0.5) is 0 Å². The third-order valence-electron chi connectivity index (χ3n) is 3.10. The van der Waals surface area contributed by atoms with Crippen molar-refractivity contribution in [2.45, 2.75) is 57.7 Å². The zero-order valence-electron chi connectivity index (χ0n) is 10.0. The van der Waals surface area contributed by atoms with Gasteiger partial charge in [-0.1, -0.05) is 0 Å². The zero-order chi connectivity index (χ0) is 11.3. The first-order valence-electron chi connectivity index (χ1n) is 5.72. The van der Waals surface area contributed by atoms with Gasteiger partial charge in [-0.2, -0.15) is 0 Å². The van der Waals surface area contributed by atoms with E-state index in [1.165, 1.54) is 0 Å². The number of hydrogen-bond acceptors (Lipinski definition) is 3. The van der Waals surface area contributed by atoms with Gasteiger partial charge >= 0.3 is 0 Å². The summed E-state index contributed by atoms with van der Waals surface area (Å²) in [5.74, 6) is 0.382. The maximum Gasteiger partial charge on any atom is 0.133 e. The summed E-state index contributed by atoms with van der Waals surface area (Å²) in [6.07, 6.45) is 4.36. The molecule has 0 radical (unpaired) electrons. The summed E-state index contributed by atoms with van der Waals surface area (Å²) < 4.78 is 11.0. The van der Waals surface area contributed by atoms with Crippen LogP contribution in [0.1, 0.15) is 46.0 Å². The van der Waals surface area contributed by atoms with Crippen molar-refractivity contribution >= 4 is 5.78 Å². The first-order valence-corrected chi connectivity index (χ1v) is 5.72. The van der Waals surface area contributed by atoms with Crippen LogP contribution in [0.25, 0.3) is 0 Å². The number of methoxy groups -OCH3 is 1.